The molecule has 1 aliphatic heterocycles. The molecular weight excluding hydrogens is 296 g/mol. The molecule has 1 fully saturated rings. The summed E-state index contributed by atoms with van der Waals surface area (Å²) < 4.78 is 27.3. The molecule has 1 unspecified atom stereocenters. The summed E-state index contributed by atoms with van der Waals surface area (Å²) in [5.41, 5.74) is 0. The molecule has 0 aromatic heterocycles. The maximum Gasteiger partial charge on any atom is 0.243 e. The third-order valence-corrected chi connectivity index (χ3v) is 5.71. The van der Waals surface area contributed by atoms with Gasteiger partial charge in [-0.15, -0.1) is 0 Å². The first-order valence-electron chi connectivity index (χ1n) is 7.04. The van der Waals surface area contributed by atoms with Crippen LogP contribution in [0.25, 0.3) is 0 Å². The molecule has 1 aromatic carbocycles. The Morgan fingerprint density at radius 3 is 2.85 bits per heavy atom. The molecular formula is C14H21ClN2O2S. The first-order chi connectivity index (χ1) is 9.55. The molecule has 0 aliphatic carbocycles. The lowest BCUT2D eigenvalue weighted by Crippen LogP contribution is -2.48. The highest BCUT2D eigenvalue weighted by atomic mass is 35.5. The number of halogens is 1. The van der Waals surface area contributed by atoms with Gasteiger partial charge >= 0.3 is 0 Å². The van der Waals surface area contributed by atoms with E-state index in [1.165, 1.54) is 6.07 Å². The average molecular weight is 317 g/mol. The van der Waals surface area contributed by atoms with Crippen LogP contribution in [0.5, 0.6) is 0 Å². The van der Waals surface area contributed by atoms with Crippen molar-refractivity contribution in [2.75, 3.05) is 19.6 Å². The van der Waals surface area contributed by atoms with E-state index < -0.39 is 10.0 Å². The van der Waals surface area contributed by atoms with Crippen molar-refractivity contribution in [1.82, 2.24) is 9.62 Å². The lowest BCUT2D eigenvalue weighted by Gasteiger charge is -2.33. The Bertz CT molecular complexity index is 542. The van der Waals surface area contributed by atoms with Gasteiger partial charge in [-0.05, 0) is 44.0 Å². The van der Waals surface area contributed by atoms with E-state index in [4.69, 9.17) is 11.6 Å². The quantitative estimate of drug-likeness (QED) is 0.908. The highest BCUT2D eigenvalue weighted by molar-refractivity contribution is 7.89. The molecule has 0 saturated carbocycles. The van der Waals surface area contributed by atoms with Gasteiger partial charge in [0.15, 0.2) is 0 Å². The van der Waals surface area contributed by atoms with Crippen LogP contribution in [0.2, 0.25) is 5.02 Å². The summed E-state index contributed by atoms with van der Waals surface area (Å²) in [6.45, 7) is 4.23. The van der Waals surface area contributed by atoms with Gasteiger partial charge in [0, 0.05) is 24.2 Å². The Balaban J connectivity index is 2.31. The summed E-state index contributed by atoms with van der Waals surface area (Å²) in [7, 11) is -3.48. The molecule has 1 N–H and O–H groups in total. The third-order valence-electron chi connectivity index (χ3n) is 3.52. The molecule has 112 valence electrons. The van der Waals surface area contributed by atoms with Crippen LogP contribution in [0, 0.1) is 0 Å². The van der Waals surface area contributed by atoms with Crippen molar-refractivity contribution in [1.29, 1.82) is 0 Å². The number of hydrogen-bond acceptors (Lipinski definition) is 3. The van der Waals surface area contributed by atoms with Crippen molar-refractivity contribution in [2.24, 2.45) is 0 Å². The van der Waals surface area contributed by atoms with E-state index in [1.807, 2.05) is 6.92 Å². The second kappa shape index (κ2) is 6.89. The molecule has 20 heavy (non-hydrogen) atoms. The first-order valence-corrected chi connectivity index (χ1v) is 8.85. The second-order valence-corrected chi connectivity index (χ2v) is 7.40. The normalized spacial score (nSPS) is 20.2. The van der Waals surface area contributed by atoms with Crippen molar-refractivity contribution in [3.63, 3.8) is 0 Å². The Morgan fingerprint density at radius 2 is 2.25 bits per heavy atom. The van der Waals surface area contributed by atoms with Crippen LogP contribution in [-0.4, -0.2) is 38.4 Å². The maximum atomic E-state index is 12.8. The van der Waals surface area contributed by atoms with Crippen molar-refractivity contribution < 1.29 is 8.42 Å². The molecule has 6 heteroatoms. The Hall–Kier alpha value is -0.620. The number of rotatable bonds is 5. The van der Waals surface area contributed by atoms with Crippen LogP contribution >= 0.6 is 11.6 Å². The number of nitrogens with zero attached hydrogens (tertiary/aromatic N) is 1. The Morgan fingerprint density at radius 1 is 1.45 bits per heavy atom. The van der Waals surface area contributed by atoms with E-state index in [1.54, 1.807) is 22.5 Å². The Labute approximate surface area is 126 Å². The van der Waals surface area contributed by atoms with E-state index in [-0.39, 0.29) is 10.9 Å². The number of benzene rings is 1. The van der Waals surface area contributed by atoms with Crippen molar-refractivity contribution in [3.05, 3.63) is 29.3 Å². The predicted molar refractivity (Wildman–Crippen MR) is 81.5 cm³/mol. The van der Waals surface area contributed by atoms with E-state index in [0.29, 0.717) is 11.6 Å². The molecule has 0 bridgehead atoms. The lowest BCUT2D eigenvalue weighted by molar-refractivity contribution is 0.266. The van der Waals surface area contributed by atoms with Crippen LogP contribution in [0.15, 0.2) is 29.2 Å². The number of piperidine rings is 1. The highest BCUT2D eigenvalue weighted by Crippen LogP contribution is 2.24. The van der Waals surface area contributed by atoms with Crippen LogP contribution in [0.3, 0.4) is 0 Å². The van der Waals surface area contributed by atoms with Crippen LogP contribution in [0.4, 0.5) is 0 Å². The van der Waals surface area contributed by atoms with Crippen molar-refractivity contribution >= 4 is 21.6 Å². The largest absolute Gasteiger partial charge is 0.315 e. The van der Waals surface area contributed by atoms with E-state index in [2.05, 4.69) is 5.32 Å². The second-order valence-electron chi connectivity index (χ2n) is 5.07. The lowest BCUT2D eigenvalue weighted by atomic mass is 10.1. The molecule has 0 radical (unpaired) electrons. The zero-order chi connectivity index (χ0) is 14.6. The summed E-state index contributed by atoms with van der Waals surface area (Å²) in [4.78, 5) is 0.282. The van der Waals surface area contributed by atoms with Gasteiger partial charge in [0.05, 0.1) is 4.90 Å². The molecule has 0 amide bonds. The fourth-order valence-corrected chi connectivity index (χ4v) is 4.61. The summed E-state index contributed by atoms with van der Waals surface area (Å²) >= 11 is 5.92. The summed E-state index contributed by atoms with van der Waals surface area (Å²) in [6.07, 6.45) is 2.72. The van der Waals surface area contributed by atoms with Crippen LogP contribution in [-0.2, 0) is 10.0 Å². The smallest absolute Gasteiger partial charge is 0.243 e. The molecule has 0 spiro atoms. The minimum absolute atomic E-state index is 0.0349. The van der Waals surface area contributed by atoms with E-state index in [0.717, 1.165) is 32.4 Å². The summed E-state index contributed by atoms with van der Waals surface area (Å²) in [6, 6.07) is 6.54. The minimum atomic E-state index is -3.48. The zero-order valence-electron chi connectivity index (χ0n) is 11.7. The number of sulfonamides is 1. The monoisotopic (exact) mass is 316 g/mol. The summed E-state index contributed by atoms with van der Waals surface area (Å²) in [5, 5.41) is 3.72. The molecule has 4 nitrogen and oxygen atoms in total. The van der Waals surface area contributed by atoms with Gasteiger partial charge in [-0.2, -0.15) is 4.31 Å². The van der Waals surface area contributed by atoms with E-state index in [9.17, 15) is 8.42 Å². The minimum Gasteiger partial charge on any atom is -0.315 e. The summed E-state index contributed by atoms with van der Waals surface area (Å²) in [5.74, 6) is 0. The standard InChI is InChI=1S/C14H21ClN2O2S/c1-2-9-17(13-6-4-8-16-11-13)20(18,19)14-7-3-5-12(15)10-14/h3,5,7,10,13,16H,2,4,6,8-9,11H2,1H3. The molecule has 1 aliphatic rings. The molecule has 1 atom stereocenters. The number of nitrogens with one attached hydrogen (secondary N) is 1. The average Bonchev–Trinajstić information content (AvgIpc) is 2.45. The first kappa shape index (κ1) is 15.8. The topological polar surface area (TPSA) is 49.4 Å². The zero-order valence-corrected chi connectivity index (χ0v) is 13.3. The van der Waals surface area contributed by atoms with Gasteiger partial charge in [0.1, 0.15) is 0 Å². The predicted octanol–water partition coefficient (Wildman–Crippen LogP) is 2.49. The fraction of sp³-hybridized carbons (Fsp3) is 0.571. The van der Waals surface area contributed by atoms with E-state index >= 15 is 0 Å². The Kier molecular flexibility index (Phi) is 5.43. The highest BCUT2D eigenvalue weighted by Gasteiger charge is 2.31. The van der Waals surface area contributed by atoms with Gasteiger partial charge < -0.3 is 5.32 Å². The van der Waals surface area contributed by atoms with Crippen molar-refractivity contribution in [2.45, 2.75) is 37.1 Å². The number of hydrogen-bond donors (Lipinski definition) is 1. The van der Waals surface area contributed by atoms with Gasteiger partial charge in [0.2, 0.25) is 10.0 Å². The molecule has 2 rings (SSSR count). The van der Waals surface area contributed by atoms with Gasteiger partial charge in [-0.3, -0.25) is 0 Å². The van der Waals surface area contributed by atoms with Crippen LogP contribution < -0.4 is 5.32 Å². The van der Waals surface area contributed by atoms with Gasteiger partial charge in [-0.1, -0.05) is 24.6 Å². The van der Waals surface area contributed by atoms with Crippen LogP contribution in [0.1, 0.15) is 26.2 Å². The molecule has 1 saturated heterocycles. The fourth-order valence-electron chi connectivity index (χ4n) is 2.56. The third kappa shape index (κ3) is 3.52. The molecule has 1 aromatic rings. The van der Waals surface area contributed by atoms with Crippen molar-refractivity contribution in [3.8, 4) is 0 Å². The van der Waals surface area contributed by atoms with Gasteiger partial charge in [0.25, 0.3) is 0 Å². The molecule has 1 heterocycles. The van der Waals surface area contributed by atoms with Gasteiger partial charge in [-0.25, -0.2) is 8.42 Å². The SMILES string of the molecule is CCCN(C1CCCNC1)S(=O)(=O)c1cccc(Cl)c1. The maximum absolute atomic E-state index is 12.8.